The molecular formula is C10H8ClNO4. The van der Waals surface area contributed by atoms with Crippen LogP contribution in [0, 0.1) is 22.0 Å². The van der Waals surface area contributed by atoms with E-state index in [1.807, 2.05) is 0 Å². The molecule has 0 aromatic heterocycles. The van der Waals surface area contributed by atoms with E-state index < -0.39 is 4.92 Å². The van der Waals surface area contributed by atoms with Crippen LogP contribution in [0.3, 0.4) is 0 Å². The topological polar surface area (TPSA) is 72.6 Å². The van der Waals surface area contributed by atoms with Crippen LogP contribution in [0.4, 0.5) is 5.69 Å². The maximum Gasteiger partial charge on any atom is 0.312 e. The predicted molar refractivity (Wildman–Crippen MR) is 58.6 cm³/mol. The van der Waals surface area contributed by atoms with Gasteiger partial charge in [-0.15, -0.1) is 0 Å². The average molecular weight is 242 g/mol. The number of halogens is 1. The van der Waals surface area contributed by atoms with Gasteiger partial charge in [-0.25, -0.2) is 0 Å². The van der Waals surface area contributed by atoms with Gasteiger partial charge < -0.3 is 9.84 Å². The molecular weight excluding hydrogens is 234 g/mol. The van der Waals surface area contributed by atoms with Gasteiger partial charge in [0.2, 0.25) is 0 Å². The third kappa shape index (κ3) is 2.63. The first-order chi connectivity index (χ1) is 7.60. The number of benzene rings is 1. The third-order valence-electron chi connectivity index (χ3n) is 1.77. The molecule has 6 heteroatoms. The molecule has 5 nitrogen and oxygen atoms in total. The monoisotopic (exact) mass is 241 g/mol. The van der Waals surface area contributed by atoms with Gasteiger partial charge in [0.1, 0.15) is 6.61 Å². The Kier molecular flexibility index (Phi) is 4.11. The molecule has 0 unspecified atom stereocenters. The lowest BCUT2D eigenvalue weighted by Crippen LogP contribution is -1.95. The summed E-state index contributed by atoms with van der Waals surface area (Å²) in [4.78, 5) is 10.1. The van der Waals surface area contributed by atoms with Gasteiger partial charge in [0.25, 0.3) is 0 Å². The number of hydrogen-bond acceptors (Lipinski definition) is 4. The van der Waals surface area contributed by atoms with Crippen LogP contribution in [0.5, 0.6) is 5.75 Å². The van der Waals surface area contributed by atoms with E-state index in [0.717, 1.165) is 0 Å². The van der Waals surface area contributed by atoms with E-state index in [-0.39, 0.29) is 28.6 Å². The summed E-state index contributed by atoms with van der Waals surface area (Å²) < 4.78 is 4.82. The van der Waals surface area contributed by atoms with Crippen molar-refractivity contribution >= 4 is 17.3 Å². The number of aliphatic hydroxyl groups is 1. The van der Waals surface area contributed by atoms with E-state index in [1.165, 1.54) is 19.2 Å². The van der Waals surface area contributed by atoms with E-state index in [1.54, 1.807) is 0 Å². The van der Waals surface area contributed by atoms with Crippen molar-refractivity contribution in [1.82, 2.24) is 0 Å². The Morgan fingerprint density at radius 1 is 1.62 bits per heavy atom. The largest absolute Gasteiger partial charge is 0.490 e. The van der Waals surface area contributed by atoms with Gasteiger partial charge in [-0.3, -0.25) is 10.1 Å². The Balaban J connectivity index is 3.33. The summed E-state index contributed by atoms with van der Waals surface area (Å²) in [5.41, 5.74) is 0.0670. The van der Waals surface area contributed by atoms with Crippen molar-refractivity contribution in [2.45, 2.75) is 0 Å². The smallest absolute Gasteiger partial charge is 0.312 e. The molecule has 0 aliphatic rings. The molecule has 1 rings (SSSR count). The number of ether oxygens (including phenoxy) is 1. The van der Waals surface area contributed by atoms with Gasteiger partial charge in [-0.2, -0.15) is 0 Å². The van der Waals surface area contributed by atoms with E-state index >= 15 is 0 Å². The molecule has 0 aliphatic carbocycles. The molecule has 0 aliphatic heterocycles. The molecule has 0 spiro atoms. The number of nitro benzene ring substituents is 1. The molecule has 16 heavy (non-hydrogen) atoms. The maximum absolute atomic E-state index is 10.7. The number of methoxy groups -OCH3 is 1. The summed E-state index contributed by atoms with van der Waals surface area (Å²) in [5, 5.41) is 19.5. The van der Waals surface area contributed by atoms with E-state index in [9.17, 15) is 10.1 Å². The van der Waals surface area contributed by atoms with Gasteiger partial charge in [0.05, 0.1) is 22.6 Å². The molecule has 0 atom stereocenters. The highest BCUT2D eigenvalue weighted by molar-refractivity contribution is 6.32. The van der Waals surface area contributed by atoms with Crippen molar-refractivity contribution < 1.29 is 14.8 Å². The second-order valence-corrected chi connectivity index (χ2v) is 3.13. The molecule has 1 aromatic carbocycles. The molecule has 0 amide bonds. The SMILES string of the molecule is COc1cc(Cl)c(C#CCO)cc1[N+](=O)[O-]. The normalized spacial score (nSPS) is 9.19. The quantitative estimate of drug-likeness (QED) is 0.485. The molecule has 0 heterocycles. The van der Waals surface area contributed by atoms with Crippen molar-refractivity contribution in [1.29, 1.82) is 0 Å². The second kappa shape index (κ2) is 5.35. The minimum atomic E-state index is -0.584. The van der Waals surface area contributed by atoms with E-state index in [0.29, 0.717) is 0 Å². The van der Waals surface area contributed by atoms with Crippen LogP contribution in [-0.4, -0.2) is 23.7 Å². The fraction of sp³-hybridized carbons (Fsp3) is 0.200. The Morgan fingerprint density at radius 2 is 2.31 bits per heavy atom. The van der Waals surface area contributed by atoms with Crippen LogP contribution in [-0.2, 0) is 0 Å². The standard InChI is InChI=1S/C10H8ClNO4/c1-16-10-6-8(11)7(3-2-4-13)5-9(10)12(14)15/h5-6,13H,4H2,1H3. The van der Waals surface area contributed by atoms with Gasteiger partial charge in [-0.05, 0) is 0 Å². The second-order valence-electron chi connectivity index (χ2n) is 2.72. The van der Waals surface area contributed by atoms with Crippen LogP contribution < -0.4 is 4.74 Å². The summed E-state index contributed by atoms with van der Waals surface area (Å²) >= 11 is 5.83. The van der Waals surface area contributed by atoms with Gasteiger partial charge in [0, 0.05) is 12.1 Å². The number of nitrogens with zero attached hydrogens (tertiary/aromatic N) is 1. The Morgan fingerprint density at radius 3 is 2.81 bits per heavy atom. The zero-order chi connectivity index (χ0) is 12.1. The predicted octanol–water partition coefficient (Wildman–Crippen LogP) is 1.60. The number of aliphatic hydroxyl groups excluding tert-OH is 1. The minimum Gasteiger partial charge on any atom is -0.490 e. The summed E-state index contributed by atoms with van der Waals surface area (Å²) in [6, 6.07) is 2.53. The number of nitro groups is 1. The molecule has 1 aromatic rings. The van der Waals surface area contributed by atoms with Crippen LogP contribution in [0.2, 0.25) is 5.02 Å². The molecule has 84 valence electrons. The summed E-state index contributed by atoms with van der Waals surface area (Å²) in [7, 11) is 1.32. The summed E-state index contributed by atoms with van der Waals surface area (Å²) in [6.07, 6.45) is 0. The Labute approximate surface area is 96.8 Å². The van der Waals surface area contributed by atoms with Gasteiger partial charge in [-0.1, -0.05) is 23.4 Å². The van der Waals surface area contributed by atoms with Crippen molar-refractivity contribution in [3.63, 3.8) is 0 Å². The van der Waals surface area contributed by atoms with Crippen molar-refractivity contribution in [2.24, 2.45) is 0 Å². The zero-order valence-electron chi connectivity index (χ0n) is 8.36. The highest BCUT2D eigenvalue weighted by Crippen LogP contribution is 2.32. The highest BCUT2D eigenvalue weighted by Gasteiger charge is 2.17. The fourth-order valence-electron chi connectivity index (χ4n) is 1.08. The molecule has 0 saturated heterocycles. The first-order valence-corrected chi connectivity index (χ1v) is 4.59. The van der Waals surface area contributed by atoms with Crippen molar-refractivity contribution in [2.75, 3.05) is 13.7 Å². The lowest BCUT2D eigenvalue weighted by atomic mass is 10.2. The maximum atomic E-state index is 10.7. The Bertz CT molecular complexity index is 476. The number of rotatable bonds is 2. The fourth-order valence-corrected chi connectivity index (χ4v) is 1.28. The Hall–Kier alpha value is -1.77. The van der Waals surface area contributed by atoms with E-state index in [2.05, 4.69) is 11.8 Å². The van der Waals surface area contributed by atoms with Gasteiger partial charge >= 0.3 is 5.69 Å². The van der Waals surface area contributed by atoms with Crippen LogP contribution in [0.1, 0.15) is 5.56 Å². The lowest BCUT2D eigenvalue weighted by Gasteiger charge is -2.03. The van der Waals surface area contributed by atoms with Crippen LogP contribution >= 0.6 is 11.6 Å². The lowest BCUT2D eigenvalue weighted by molar-refractivity contribution is -0.385. The van der Waals surface area contributed by atoms with Crippen LogP contribution in [0.15, 0.2) is 12.1 Å². The molecule has 0 fully saturated rings. The van der Waals surface area contributed by atoms with E-state index in [4.69, 9.17) is 21.4 Å². The van der Waals surface area contributed by atoms with Gasteiger partial charge in [0.15, 0.2) is 5.75 Å². The molecule has 0 radical (unpaired) electrons. The molecule has 0 saturated carbocycles. The van der Waals surface area contributed by atoms with Crippen LogP contribution in [0.25, 0.3) is 0 Å². The van der Waals surface area contributed by atoms with Crippen molar-refractivity contribution in [3.05, 3.63) is 32.8 Å². The first kappa shape index (κ1) is 12.3. The zero-order valence-corrected chi connectivity index (χ0v) is 9.11. The minimum absolute atomic E-state index is 0.0737. The average Bonchev–Trinajstić information content (AvgIpc) is 2.26. The highest BCUT2D eigenvalue weighted by atomic mass is 35.5. The number of hydrogen-bond donors (Lipinski definition) is 1. The molecule has 0 bridgehead atoms. The molecule has 1 N–H and O–H groups in total. The first-order valence-electron chi connectivity index (χ1n) is 4.21. The summed E-state index contributed by atoms with van der Waals surface area (Å²) in [6.45, 7) is -0.337. The summed E-state index contributed by atoms with van der Waals surface area (Å²) in [5.74, 6) is 4.96. The van der Waals surface area contributed by atoms with Crippen molar-refractivity contribution in [3.8, 4) is 17.6 Å². The third-order valence-corrected chi connectivity index (χ3v) is 2.08.